The Morgan fingerprint density at radius 3 is 2.95 bits per heavy atom. The molecule has 20 heavy (non-hydrogen) atoms. The van der Waals surface area contributed by atoms with Crippen LogP contribution >= 0.6 is 0 Å². The number of hydrogen-bond acceptors (Lipinski definition) is 5. The minimum atomic E-state index is -0.347. The molecular formula is C14H20N2O4. The van der Waals surface area contributed by atoms with E-state index in [1.165, 1.54) is 6.07 Å². The van der Waals surface area contributed by atoms with Crippen LogP contribution in [0.15, 0.2) is 18.2 Å². The molecule has 0 radical (unpaired) electrons. The van der Waals surface area contributed by atoms with Gasteiger partial charge in [-0.2, -0.15) is 0 Å². The van der Waals surface area contributed by atoms with E-state index in [0.29, 0.717) is 31.9 Å². The van der Waals surface area contributed by atoms with Crippen molar-refractivity contribution in [1.82, 2.24) is 5.32 Å². The number of rotatable bonds is 6. The molecule has 1 saturated heterocycles. The summed E-state index contributed by atoms with van der Waals surface area (Å²) in [6.07, 6.45) is 0.865. The summed E-state index contributed by atoms with van der Waals surface area (Å²) in [4.78, 5) is 10.6. The summed E-state index contributed by atoms with van der Waals surface area (Å²) in [5.41, 5.74) is 1.53. The summed E-state index contributed by atoms with van der Waals surface area (Å²) in [6, 6.07) is 5.15. The molecule has 1 aliphatic rings. The molecule has 0 saturated carbocycles. The maximum atomic E-state index is 10.9. The molecule has 1 aliphatic heterocycles. The van der Waals surface area contributed by atoms with Crippen molar-refractivity contribution < 1.29 is 14.4 Å². The second kappa shape index (κ2) is 6.30. The molecular weight excluding hydrogens is 260 g/mol. The largest absolute Gasteiger partial charge is 0.378 e. The molecule has 1 aromatic rings. The molecule has 0 bridgehead atoms. The molecule has 6 heteroatoms. The Kier molecular flexibility index (Phi) is 4.69. The minimum Gasteiger partial charge on any atom is -0.378 e. The van der Waals surface area contributed by atoms with E-state index in [1.54, 1.807) is 20.1 Å². The van der Waals surface area contributed by atoms with Gasteiger partial charge in [0.1, 0.15) is 5.60 Å². The topological polar surface area (TPSA) is 73.6 Å². The van der Waals surface area contributed by atoms with Gasteiger partial charge in [-0.25, -0.2) is 0 Å². The highest BCUT2D eigenvalue weighted by Gasteiger charge is 2.34. The van der Waals surface area contributed by atoms with Crippen molar-refractivity contribution in [3.63, 3.8) is 0 Å². The van der Waals surface area contributed by atoms with Crippen LogP contribution in [0.1, 0.15) is 17.5 Å². The lowest BCUT2D eigenvalue weighted by atomic mass is 10.0. The van der Waals surface area contributed by atoms with Crippen molar-refractivity contribution in [2.24, 2.45) is 0 Å². The van der Waals surface area contributed by atoms with Crippen LogP contribution in [-0.4, -0.2) is 37.4 Å². The molecule has 2 rings (SSSR count). The van der Waals surface area contributed by atoms with Crippen molar-refractivity contribution in [1.29, 1.82) is 0 Å². The van der Waals surface area contributed by atoms with E-state index in [9.17, 15) is 10.1 Å². The molecule has 6 nitrogen and oxygen atoms in total. The van der Waals surface area contributed by atoms with Crippen LogP contribution in [0.4, 0.5) is 5.69 Å². The Balaban J connectivity index is 1.97. The Bertz CT molecular complexity index is 484. The van der Waals surface area contributed by atoms with Crippen LogP contribution in [0.3, 0.4) is 0 Å². The smallest absolute Gasteiger partial charge is 0.272 e. The average molecular weight is 280 g/mol. The van der Waals surface area contributed by atoms with Gasteiger partial charge in [-0.05, 0) is 12.5 Å². The summed E-state index contributed by atoms with van der Waals surface area (Å²) < 4.78 is 10.9. The first kappa shape index (κ1) is 14.9. The standard InChI is InChI=1S/C14H20N2O4/c1-11-12(4-3-5-13(11)16(17)18)8-15-9-14(19-2)6-7-20-10-14/h3-5,15H,6-10H2,1-2H3. The van der Waals surface area contributed by atoms with Crippen molar-refractivity contribution in [3.05, 3.63) is 39.4 Å². The number of nitrogens with one attached hydrogen (secondary N) is 1. The van der Waals surface area contributed by atoms with Crippen LogP contribution in [0.2, 0.25) is 0 Å². The van der Waals surface area contributed by atoms with Gasteiger partial charge in [-0.15, -0.1) is 0 Å². The zero-order chi connectivity index (χ0) is 14.6. The third-order valence-electron chi connectivity index (χ3n) is 3.88. The van der Waals surface area contributed by atoms with Gasteiger partial charge in [0, 0.05) is 44.9 Å². The summed E-state index contributed by atoms with van der Waals surface area (Å²) >= 11 is 0. The van der Waals surface area contributed by atoms with Crippen LogP contribution in [-0.2, 0) is 16.0 Å². The number of methoxy groups -OCH3 is 1. The summed E-state index contributed by atoms with van der Waals surface area (Å²) in [7, 11) is 1.69. The number of nitro benzene ring substituents is 1. The zero-order valence-electron chi connectivity index (χ0n) is 11.8. The van der Waals surface area contributed by atoms with Gasteiger partial charge in [0.05, 0.1) is 11.5 Å². The molecule has 1 unspecified atom stereocenters. The van der Waals surface area contributed by atoms with E-state index in [-0.39, 0.29) is 16.2 Å². The quantitative estimate of drug-likeness (QED) is 0.635. The van der Waals surface area contributed by atoms with Crippen LogP contribution in [0.25, 0.3) is 0 Å². The summed E-state index contributed by atoms with van der Waals surface area (Å²) in [5, 5.41) is 14.2. The fourth-order valence-electron chi connectivity index (χ4n) is 2.45. The maximum Gasteiger partial charge on any atom is 0.272 e. The molecule has 110 valence electrons. The first-order valence-corrected chi connectivity index (χ1v) is 6.64. The first-order chi connectivity index (χ1) is 9.58. The number of nitrogens with zero attached hydrogens (tertiary/aromatic N) is 1. The third-order valence-corrected chi connectivity index (χ3v) is 3.88. The van der Waals surface area contributed by atoms with Crippen molar-refractivity contribution in [3.8, 4) is 0 Å². The fraction of sp³-hybridized carbons (Fsp3) is 0.571. The molecule has 1 N–H and O–H groups in total. The van der Waals surface area contributed by atoms with Gasteiger partial charge in [0.25, 0.3) is 5.69 Å². The first-order valence-electron chi connectivity index (χ1n) is 6.64. The molecule has 0 aromatic heterocycles. The van der Waals surface area contributed by atoms with Gasteiger partial charge in [-0.3, -0.25) is 10.1 Å². The summed E-state index contributed by atoms with van der Waals surface area (Å²) in [5.74, 6) is 0. The number of benzene rings is 1. The molecule has 1 atom stereocenters. The lowest BCUT2D eigenvalue weighted by Crippen LogP contribution is -2.42. The fourth-order valence-corrected chi connectivity index (χ4v) is 2.45. The van der Waals surface area contributed by atoms with E-state index >= 15 is 0 Å². The Hall–Kier alpha value is -1.50. The molecule has 1 aromatic carbocycles. The molecule has 1 fully saturated rings. The van der Waals surface area contributed by atoms with E-state index in [4.69, 9.17) is 9.47 Å². The predicted molar refractivity (Wildman–Crippen MR) is 74.7 cm³/mol. The third kappa shape index (κ3) is 3.15. The molecule has 0 spiro atoms. The average Bonchev–Trinajstić information content (AvgIpc) is 2.90. The monoisotopic (exact) mass is 280 g/mol. The van der Waals surface area contributed by atoms with E-state index in [0.717, 1.165) is 12.0 Å². The van der Waals surface area contributed by atoms with E-state index in [1.807, 2.05) is 6.07 Å². The van der Waals surface area contributed by atoms with Crippen LogP contribution < -0.4 is 5.32 Å². The van der Waals surface area contributed by atoms with Gasteiger partial charge in [0.2, 0.25) is 0 Å². The second-order valence-electron chi connectivity index (χ2n) is 5.11. The van der Waals surface area contributed by atoms with Crippen molar-refractivity contribution in [2.75, 3.05) is 26.9 Å². The zero-order valence-corrected chi connectivity index (χ0v) is 11.8. The maximum absolute atomic E-state index is 10.9. The van der Waals surface area contributed by atoms with Crippen LogP contribution in [0.5, 0.6) is 0 Å². The minimum absolute atomic E-state index is 0.162. The van der Waals surface area contributed by atoms with Gasteiger partial charge in [0.15, 0.2) is 0 Å². The lowest BCUT2D eigenvalue weighted by molar-refractivity contribution is -0.385. The normalized spacial score (nSPS) is 22.1. The summed E-state index contributed by atoms with van der Waals surface area (Å²) in [6.45, 7) is 4.33. The Morgan fingerprint density at radius 1 is 1.55 bits per heavy atom. The van der Waals surface area contributed by atoms with Crippen molar-refractivity contribution in [2.45, 2.75) is 25.5 Å². The highest BCUT2D eigenvalue weighted by atomic mass is 16.6. The Morgan fingerprint density at radius 2 is 2.35 bits per heavy atom. The second-order valence-corrected chi connectivity index (χ2v) is 5.11. The lowest BCUT2D eigenvalue weighted by Gasteiger charge is -2.26. The van der Waals surface area contributed by atoms with Gasteiger partial charge in [-0.1, -0.05) is 12.1 Å². The van der Waals surface area contributed by atoms with Gasteiger partial charge >= 0.3 is 0 Å². The van der Waals surface area contributed by atoms with E-state index < -0.39 is 0 Å². The highest BCUT2D eigenvalue weighted by Crippen LogP contribution is 2.23. The van der Waals surface area contributed by atoms with E-state index in [2.05, 4.69) is 5.32 Å². The molecule has 1 heterocycles. The Labute approximate surface area is 118 Å². The molecule has 0 amide bonds. The number of ether oxygens (including phenoxy) is 2. The van der Waals surface area contributed by atoms with Crippen molar-refractivity contribution >= 4 is 5.69 Å². The SMILES string of the molecule is COC1(CNCc2cccc([N+](=O)[O-])c2C)CCOC1. The van der Waals surface area contributed by atoms with Crippen LogP contribution in [0, 0.1) is 17.0 Å². The van der Waals surface area contributed by atoms with Gasteiger partial charge < -0.3 is 14.8 Å². The molecule has 0 aliphatic carbocycles. The number of hydrogen-bond donors (Lipinski definition) is 1. The number of nitro groups is 1. The predicted octanol–water partition coefficient (Wildman–Crippen LogP) is 1.80. The highest BCUT2D eigenvalue weighted by molar-refractivity contribution is 5.44.